The van der Waals surface area contributed by atoms with Gasteiger partial charge in [0.2, 0.25) is 0 Å². The molecule has 2 amide bonds. The number of carbonyl (C=O) groups is 1. The normalized spacial score (nSPS) is 12.0. The van der Waals surface area contributed by atoms with E-state index in [9.17, 15) is 14.3 Å². The Bertz CT molecular complexity index is 665. The minimum Gasteiger partial charge on any atom is -0.387 e. The van der Waals surface area contributed by atoms with Crippen LogP contribution in [0.3, 0.4) is 0 Å². The molecule has 1 aromatic heterocycles. The van der Waals surface area contributed by atoms with E-state index in [0.717, 1.165) is 16.0 Å². The molecule has 1 aromatic carbocycles. The third-order valence-electron chi connectivity index (χ3n) is 2.85. The van der Waals surface area contributed by atoms with Gasteiger partial charge in [0, 0.05) is 17.6 Å². The van der Waals surface area contributed by atoms with E-state index >= 15 is 0 Å². The molecule has 2 aromatic rings. The Kier molecular flexibility index (Phi) is 5.70. The third kappa shape index (κ3) is 4.66. The average Bonchev–Trinajstić information content (AvgIpc) is 2.91. The standard InChI is InChI=1S/C14H15ClFN3O2S/c1-8-5-17-13(22-8)7-19-14(21)18-6-12(20)9-2-3-10(15)11(16)4-9/h2-5,12,20H,6-7H2,1H3,(H2,18,19,21)/t12-/m1/s1. The number of aliphatic hydroxyl groups excluding tert-OH is 1. The Morgan fingerprint density at radius 2 is 2.27 bits per heavy atom. The van der Waals surface area contributed by atoms with Gasteiger partial charge in [-0.05, 0) is 24.6 Å². The van der Waals surface area contributed by atoms with Crippen LogP contribution in [0.1, 0.15) is 21.6 Å². The largest absolute Gasteiger partial charge is 0.387 e. The minimum absolute atomic E-state index is 0.0135. The van der Waals surface area contributed by atoms with Gasteiger partial charge in [-0.2, -0.15) is 0 Å². The summed E-state index contributed by atoms with van der Waals surface area (Å²) in [4.78, 5) is 16.8. The quantitative estimate of drug-likeness (QED) is 0.781. The maximum absolute atomic E-state index is 13.3. The summed E-state index contributed by atoms with van der Waals surface area (Å²) < 4.78 is 13.3. The highest BCUT2D eigenvalue weighted by atomic mass is 35.5. The number of aliphatic hydroxyl groups is 1. The van der Waals surface area contributed by atoms with Crippen molar-refractivity contribution in [1.82, 2.24) is 15.6 Å². The van der Waals surface area contributed by atoms with Crippen LogP contribution < -0.4 is 10.6 Å². The van der Waals surface area contributed by atoms with Crippen LogP contribution >= 0.6 is 22.9 Å². The van der Waals surface area contributed by atoms with Gasteiger partial charge >= 0.3 is 6.03 Å². The number of aromatic nitrogens is 1. The summed E-state index contributed by atoms with van der Waals surface area (Å²) >= 11 is 7.07. The van der Waals surface area contributed by atoms with Gasteiger partial charge in [-0.15, -0.1) is 11.3 Å². The molecule has 0 aliphatic heterocycles. The van der Waals surface area contributed by atoms with Gasteiger partial charge < -0.3 is 15.7 Å². The lowest BCUT2D eigenvalue weighted by molar-refractivity contribution is 0.172. The molecule has 0 unspecified atom stereocenters. The summed E-state index contributed by atoms with van der Waals surface area (Å²) in [6.07, 6.45) is 0.720. The van der Waals surface area contributed by atoms with Crippen LogP contribution in [0.4, 0.5) is 9.18 Å². The Labute approximate surface area is 136 Å². The van der Waals surface area contributed by atoms with Gasteiger partial charge in [-0.25, -0.2) is 14.2 Å². The van der Waals surface area contributed by atoms with E-state index in [2.05, 4.69) is 15.6 Å². The number of halogens is 2. The lowest BCUT2D eigenvalue weighted by Gasteiger charge is -2.13. The van der Waals surface area contributed by atoms with Gasteiger partial charge in [0.25, 0.3) is 0 Å². The van der Waals surface area contributed by atoms with E-state index in [1.54, 1.807) is 6.20 Å². The summed E-state index contributed by atoms with van der Waals surface area (Å²) in [5.74, 6) is -0.609. The first-order valence-corrected chi connectivity index (χ1v) is 7.71. The van der Waals surface area contributed by atoms with Crippen LogP contribution in [0, 0.1) is 12.7 Å². The number of amides is 2. The Morgan fingerprint density at radius 3 is 2.91 bits per heavy atom. The molecule has 0 bridgehead atoms. The fourth-order valence-corrected chi connectivity index (χ4v) is 2.57. The van der Waals surface area contributed by atoms with Crippen LogP contribution in [0.5, 0.6) is 0 Å². The lowest BCUT2D eigenvalue weighted by Crippen LogP contribution is -2.37. The summed E-state index contributed by atoms with van der Waals surface area (Å²) in [7, 11) is 0. The van der Waals surface area contributed by atoms with Gasteiger partial charge in [-0.3, -0.25) is 0 Å². The van der Waals surface area contributed by atoms with Crippen LogP contribution in [-0.2, 0) is 6.54 Å². The first-order valence-electron chi connectivity index (χ1n) is 6.51. The zero-order valence-electron chi connectivity index (χ0n) is 11.8. The molecule has 22 heavy (non-hydrogen) atoms. The third-order valence-corrected chi connectivity index (χ3v) is 4.07. The number of thiazole rings is 1. The number of hydrogen-bond acceptors (Lipinski definition) is 4. The first-order chi connectivity index (χ1) is 10.5. The van der Waals surface area contributed by atoms with Crippen molar-refractivity contribution in [3.05, 3.63) is 50.7 Å². The molecule has 3 N–H and O–H groups in total. The molecule has 1 atom stereocenters. The van der Waals surface area contributed by atoms with E-state index in [-0.39, 0.29) is 11.6 Å². The van der Waals surface area contributed by atoms with Crippen LogP contribution in [-0.4, -0.2) is 22.7 Å². The number of urea groups is 1. The van der Waals surface area contributed by atoms with Crippen molar-refractivity contribution < 1.29 is 14.3 Å². The minimum atomic E-state index is -1.01. The molecule has 8 heteroatoms. The zero-order chi connectivity index (χ0) is 16.1. The monoisotopic (exact) mass is 343 g/mol. The zero-order valence-corrected chi connectivity index (χ0v) is 13.3. The summed E-state index contributed by atoms with van der Waals surface area (Å²) in [6.45, 7) is 2.21. The Balaban J connectivity index is 1.78. The highest BCUT2D eigenvalue weighted by molar-refractivity contribution is 7.11. The highest BCUT2D eigenvalue weighted by Gasteiger charge is 2.12. The summed E-state index contributed by atoms with van der Waals surface area (Å²) in [6, 6.07) is 3.58. The van der Waals surface area contributed by atoms with Crippen molar-refractivity contribution in [2.45, 2.75) is 19.6 Å². The number of benzene rings is 1. The Morgan fingerprint density at radius 1 is 1.50 bits per heavy atom. The fraction of sp³-hybridized carbons (Fsp3) is 0.286. The number of rotatable bonds is 5. The summed E-state index contributed by atoms with van der Waals surface area (Å²) in [5.41, 5.74) is 0.345. The molecule has 0 aliphatic carbocycles. The van der Waals surface area contributed by atoms with Gasteiger partial charge in [0.05, 0.1) is 17.7 Å². The SMILES string of the molecule is Cc1cnc(CNC(=O)NC[C@@H](O)c2ccc(Cl)c(F)c2)s1. The molecule has 0 fully saturated rings. The van der Waals surface area contributed by atoms with Crippen molar-refractivity contribution in [1.29, 1.82) is 0 Å². The molecule has 118 valence electrons. The predicted molar refractivity (Wildman–Crippen MR) is 83.5 cm³/mol. The van der Waals surface area contributed by atoms with Gasteiger partial charge in [0.1, 0.15) is 10.8 Å². The number of nitrogens with one attached hydrogen (secondary N) is 2. The second-order valence-corrected chi connectivity index (χ2v) is 6.34. The molecule has 0 aliphatic rings. The molecule has 0 saturated heterocycles. The predicted octanol–water partition coefficient (Wildman–Crippen LogP) is 2.78. The van der Waals surface area contributed by atoms with Crippen LogP contribution in [0.25, 0.3) is 0 Å². The first kappa shape index (κ1) is 16.7. The van der Waals surface area contributed by atoms with Crippen molar-refractivity contribution >= 4 is 29.0 Å². The lowest BCUT2D eigenvalue weighted by atomic mass is 10.1. The number of nitrogens with zero attached hydrogens (tertiary/aromatic N) is 1. The molecule has 1 heterocycles. The molecular formula is C14H15ClFN3O2S. The van der Waals surface area contributed by atoms with E-state index in [1.165, 1.54) is 23.5 Å². The number of aryl methyl sites for hydroxylation is 1. The molecule has 5 nitrogen and oxygen atoms in total. The van der Waals surface area contributed by atoms with E-state index in [0.29, 0.717) is 12.1 Å². The molecular weight excluding hydrogens is 329 g/mol. The van der Waals surface area contributed by atoms with Crippen molar-refractivity contribution in [3.8, 4) is 0 Å². The summed E-state index contributed by atoms with van der Waals surface area (Å²) in [5, 5.41) is 15.8. The van der Waals surface area contributed by atoms with E-state index in [4.69, 9.17) is 11.6 Å². The topological polar surface area (TPSA) is 74.2 Å². The Hall–Kier alpha value is -1.70. The molecule has 0 saturated carbocycles. The highest BCUT2D eigenvalue weighted by Crippen LogP contribution is 2.19. The maximum atomic E-state index is 13.3. The van der Waals surface area contributed by atoms with E-state index in [1.807, 2.05) is 6.92 Å². The van der Waals surface area contributed by atoms with Gasteiger partial charge in [0.15, 0.2) is 0 Å². The second-order valence-electron chi connectivity index (χ2n) is 4.62. The van der Waals surface area contributed by atoms with Crippen LogP contribution in [0.2, 0.25) is 5.02 Å². The average molecular weight is 344 g/mol. The number of carbonyl (C=O) groups excluding carboxylic acids is 1. The fourth-order valence-electron chi connectivity index (χ4n) is 1.73. The smallest absolute Gasteiger partial charge is 0.315 e. The van der Waals surface area contributed by atoms with Gasteiger partial charge in [-0.1, -0.05) is 17.7 Å². The number of hydrogen-bond donors (Lipinski definition) is 3. The molecule has 2 rings (SSSR count). The van der Waals surface area contributed by atoms with Crippen molar-refractivity contribution in [2.24, 2.45) is 0 Å². The van der Waals surface area contributed by atoms with Crippen molar-refractivity contribution in [3.63, 3.8) is 0 Å². The second kappa shape index (κ2) is 7.53. The maximum Gasteiger partial charge on any atom is 0.315 e. The molecule has 0 spiro atoms. The van der Waals surface area contributed by atoms with E-state index < -0.39 is 18.0 Å². The van der Waals surface area contributed by atoms with Crippen molar-refractivity contribution in [2.75, 3.05) is 6.54 Å². The van der Waals surface area contributed by atoms with Crippen LogP contribution in [0.15, 0.2) is 24.4 Å². The molecule has 0 radical (unpaired) electrons.